The molecule has 0 saturated carbocycles. The predicted molar refractivity (Wildman–Crippen MR) is 293 cm³/mol. The van der Waals surface area contributed by atoms with Crippen LogP contribution in [0, 0.1) is 0 Å². The first-order chi connectivity index (χ1) is 41.1. The summed E-state index contributed by atoms with van der Waals surface area (Å²) in [7, 11) is 0. The molecule has 0 amide bonds. The average molecular weight is 1230 g/mol. The van der Waals surface area contributed by atoms with Gasteiger partial charge in [0.1, 0.15) is 36.6 Å². The van der Waals surface area contributed by atoms with Gasteiger partial charge in [0.05, 0.1) is 277 Å². The van der Waals surface area contributed by atoms with Gasteiger partial charge in [0.25, 0.3) is 0 Å². The lowest BCUT2D eigenvalue weighted by molar-refractivity contribution is -0.0272. The molecule has 0 heterocycles. The normalized spacial score (nSPS) is 14.1. The number of hydrogen-bond acceptors (Lipinski definition) is 30. The van der Waals surface area contributed by atoms with Gasteiger partial charge in [-0.25, -0.2) is 0 Å². The molecule has 6 atom stereocenters. The first kappa shape index (κ1) is 80.0. The SMILES string of the molecule is OCC(O)COCCOCCOCc1c(COCCOCCOCC(O)CO)c(COCCOCCOCC(O)CO)c(COCCOCCOCC(O)CO)c(COCCOCCOCC(O)CO)c1COCCOCCOCC(O)CO. The molecule has 0 fully saturated rings. The van der Waals surface area contributed by atoms with Gasteiger partial charge in [0, 0.05) is 0 Å². The summed E-state index contributed by atoms with van der Waals surface area (Å²) in [5.41, 5.74) is 4.07. The highest BCUT2D eigenvalue weighted by Crippen LogP contribution is 2.33. The Labute approximate surface area is 493 Å². The Morgan fingerprint density at radius 1 is 0.167 bits per heavy atom. The van der Waals surface area contributed by atoms with Gasteiger partial charge in [-0.05, 0) is 33.4 Å². The molecule has 84 heavy (non-hydrogen) atoms. The molecule has 498 valence electrons. The van der Waals surface area contributed by atoms with Crippen LogP contribution in [-0.4, -0.2) is 336 Å². The van der Waals surface area contributed by atoms with Gasteiger partial charge in [-0.2, -0.15) is 0 Å². The molecule has 30 nitrogen and oxygen atoms in total. The second-order valence-electron chi connectivity index (χ2n) is 18.3. The fourth-order valence-corrected chi connectivity index (χ4v) is 6.84. The molecular weight excluding hydrogens is 1130 g/mol. The zero-order chi connectivity index (χ0) is 61.4. The van der Waals surface area contributed by atoms with Gasteiger partial charge in [-0.15, -0.1) is 0 Å². The minimum atomic E-state index is -1.01. The molecule has 0 aliphatic rings. The van der Waals surface area contributed by atoms with Crippen LogP contribution >= 0.6 is 0 Å². The van der Waals surface area contributed by atoms with E-state index >= 15 is 0 Å². The van der Waals surface area contributed by atoms with Gasteiger partial charge < -0.3 is 147 Å². The van der Waals surface area contributed by atoms with Crippen LogP contribution in [0.5, 0.6) is 0 Å². The summed E-state index contributed by atoms with van der Waals surface area (Å²) < 4.78 is 105. The number of ether oxygens (including phenoxy) is 18. The summed E-state index contributed by atoms with van der Waals surface area (Å²) in [5.74, 6) is 0. The fourth-order valence-electron chi connectivity index (χ4n) is 6.84. The molecule has 0 aromatic heterocycles. The van der Waals surface area contributed by atoms with Crippen LogP contribution in [0.2, 0.25) is 0 Å². The Balaban J connectivity index is 3.78. The monoisotopic (exact) mass is 1230 g/mol. The van der Waals surface area contributed by atoms with Crippen LogP contribution in [0.4, 0.5) is 0 Å². The third-order valence-electron chi connectivity index (χ3n) is 11.3. The van der Waals surface area contributed by atoms with E-state index in [1.54, 1.807) is 0 Å². The van der Waals surface area contributed by atoms with Crippen molar-refractivity contribution in [1.29, 1.82) is 0 Å². The van der Waals surface area contributed by atoms with Crippen molar-refractivity contribution in [3.05, 3.63) is 33.4 Å². The second kappa shape index (κ2) is 58.7. The van der Waals surface area contributed by atoms with Gasteiger partial charge in [0.2, 0.25) is 0 Å². The van der Waals surface area contributed by atoms with Crippen LogP contribution in [0.1, 0.15) is 33.4 Å². The van der Waals surface area contributed by atoms with Crippen molar-refractivity contribution in [2.75, 3.05) is 238 Å². The fraction of sp³-hybridized carbons (Fsp3) is 0.889. The molecule has 0 saturated heterocycles. The van der Waals surface area contributed by atoms with E-state index in [0.29, 0.717) is 33.4 Å². The Morgan fingerprint density at radius 3 is 0.393 bits per heavy atom. The number of aliphatic hydroxyl groups is 12. The van der Waals surface area contributed by atoms with Crippen molar-refractivity contribution in [1.82, 2.24) is 0 Å². The summed E-state index contributed by atoms with van der Waals surface area (Å²) >= 11 is 0. The molecule has 0 radical (unpaired) electrons. The molecule has 1 rings (SSSR count). The van der Waals surface area contributed by atoms with Crippen LogP contribution in [0.15, 0.2) is 0 Å². The molecule has 1 aromatic rings. The molecule has 0 aliphatic heterocycles. The maximum Gasteiger partial charge on any atom is 0.100 e. The summed E-state index contributed by atoms with van der Waals surface area (Å²) in [6.45, 7) is 1.07. The number of benzene rings is 1. The highest BCUT2D eigenvalue weighted by Gasteiger charge is 2.25. The molecule has 6 unspecified atom stereocenters. The first-order valence-electron chi connectivity index (χ1n) is 28.4. The molecule has 0 bridgehead atoms. The third-order valence-corrected chi connectivity index (χ3v) is 11.3. The van der Waals surface area contributed by atoms with Crippen LogP contribution < -0.4 is 0 Å². The van der Waals surface area contributed by atoms with Crippen LogP contribution in [0.25, 0.3) is 0 Å². The number of aliphatic hydroxyl groups excluding tert-OH is 12. The Kier molecular flexibility index (Phi) is 55.9. The van der Waals surface area contributed by atoms with E-state index in [1.807, 2.05) is 0 Å². The van der Waals surface area contributed by atoms with E-state index in [-0.39, 0.29) is 238 Å². The van der Waals surface area contributed by atoms with Crippen molar-refractivity contribution in [3.63, 3.8) is 0 Å². The zero-order valence-electron chi connectivity index (χ0n) is 48.9. The molecule has 0 aliphatic carbocycles. The van der Waals surface area contributed by atoms with E-state index in [4.69, 9.17) is 116 Å². The number of rotatable bonds is 66. The topological polar surface area (TPSA) is 409 Å². The van der Waals surface area contributed by atoms with E-state index < -0.39 is 76.3 Å². The van der Waals surface area contributed by atoms with Gasteiger partial charge >= 0.3 is 0 Å². The van der Waals surface area contributed by atoms with Gasteiger partial charge in [-0.3, -0.25) is 0 Å². The van der Waals surface area contributed by atoms with Gasteiger partial charge in [0.15, 0.2) is 0 Å². The lowest BCUT2D eigenvalue weighted by Gasteiger charge is -2.27. The largest absolute Gasteiger partial charge is 0.394 e. The average Bonchev–Trinajstić information content (AvgIpc) is 3.10. The van der Waals surface area contributed by atoms with Crippen LogP contribution in [-0.2, 0) is 125 Å². The van der Waals surface area contributed by atoms with E-state index in [9.17, 15) is 30.6 Å². The molecular formula is C54H102O30. The van der Waals surface area contributed by atoms with Crippen molar-refractivity contribution < 1.29 is 147 Å². The summed E-state index contributed by atoms with van der Waals surface area (Å²) in [6.07, 6.45) is -6.05. The smallest absolute Gasteiger partial charge is 0.100 e. The van der Waals surface area contributed by atoms with E-state index in [2.05, 4.69) is 0 Å². The van der Waals surface area contributed by atoms with Crippen LogP contribution in [0.3, 0.4) is 0 Å². The van der Waals surface area contributed by atoms with E-state index in [1.165, 1.54) is 0 Å². The van der Waals surface area contributed by atoms with Gasteiger partial charge in [-0.1, -0.05) is 0 Å². The van der Waals surface area contributed by atoms with Crippen molar-refractivity contribution in [3.8, 4) is 0 Å². The second-order valence-corrected chi connectivity index (χ2v) is 18.3. The maximum atomic E-state index is 9.61. The Morgan fingerprint density at radius 2 is 0.274 bits per heavy atom. The maximum absolute atomic E-state index is 9.61. The molecule has 12 N–H and O–H groups in total. The zero-order valence-corrected chi connectivity index (χ0v) is 48.9. The van der Waals surface area contributed by atoms with E-state index in [0.717, 1.165) is 0 Å². The Hall–Kier alpha value is -1.98. The summed E-state index contributed by atoms with van der Waals surface area (Å²) in [4.78, 5) is 0. The Bertz CT molecular complexity index is 1270. The third kappa shape index (κ3) is 44.5. The lowest BCUT2D eigenvalue weighted by atomic mass is 9.87. The molecule has 0 spiro atoms. The molecule has 30 heteroatoms. The highest BCUT2D eigenvalue weighted by atomic mass is 16.6. The minimum Gasteiger partial charge on any atom is -0.394 e. The van der Waals surface area contributed by atoms with Crippen molar-refractivity contribution >= 4 is 0 Å². The summed E-state index contributed by atoms with van der Waals surface area (Å²) in [5, 5.41) is 112. The highest BCUT2D eigenvalue weighted by molar-refractivity contribution is 5.51. The molecule has 1 aromatic carbocycles. The standard InChI is InChI=1S/C54H102O30/c55-25-43(61)31-73-13-1-67-7-19-79-37-49-50(38-80-20-8-68-2-14-74-32-44(62)26-56)52(40-82-22-10-70-4-16-76-34-46(64)28-58)54(42-84-24-12-72-6-18-78-36-48(66)30-60)53(41-83-23-11-71-5-17-77-35-47(65)29-59)51(49)39-81-21-9-69-3-15-75-33-45(63)27-57/h43-48,55-66H,1-42H2. The van der Waals surface area contributed by atoms with Crippen molar-refractivity contribution in [2.24, 2.45) is 0 Å². The number of hydrogen-bond donors (Lipinski definition) is 12. The quantitative estimate of drug-likeness (QED) is 0.0272. The minimum absolute atomic E-state index is 0.00948. The van der Waals surface area contributed by atoms with Crippen molar-refractivity contribution in [2.45, 2.75) is 76.3 Å². The predicted octanol–water partition coefficient (Wildman–Crippen LogP) is -4.90. The summed E-state index contributed by atoms with van der Waals surface area (Å²) in [6, 6.07) is 0. The lowest BCUT2D eigenvalue weighted by Crippen LogP contribution is -2.22. The first-order valence-corrected chi connectivity index (χ1v) is 28.4.